The van der Waals surface area contributed by atoms with E-state index in [9.17, 15) is 14.4 Å². The molecule has 0 spiro atoms. The third-order valence-electron chi connectivity index (χ3n) is 7.91. The number of aryl methyl sites for hydroxylation is 3. The average Bonchev–Trinajstić information content (AvgIpc) is 3.68. The monoisotopic (exact) mass is 570 g/mol. The number of nitrogens with one attached hydrogen (secondary N) is 4. The SMILES string of the molecule is Cc1cnc(Nc2cc(C)n(C)n2)nc1-c1c[nH]c2c(NC(=O)CN3CCC(C(=O)N4CCNC(=O)C4)C3)cccc12. The van der Waals surface area contributed by atoms with Gasteiger partial charge in [-0.25, -0.2) is 9.97 Å². The number of piperazine rings is 1. The Balaban J connectivity index is 1.13. The van der Waals surface area contributed by atoms with Crippen LogP contribution in [0.1, 0.15) is 17.7 Å². The van der Waals surface area contributed by atoms with E-state index in [1.54, 1.807) is 15.8 Å². The van der Waals surface area contributed by atoms with E-state index in [2.05, 4.69) is 31.0 Å². The predicted octanol–water partition coefficient (Wildman–Crippen LogP) is 1.94. The summed E-state index contributed by atoms with van der Waals surface area (Å²) in [6, 6.07) is 7.69. The number of H-pyrrole nitrogens is 1. The van der Waals surface area contributed by atoms with Gasteiger partial charge in [-0.1, -0.05) is 12.1 Å². The smallest absolute Gasteiger partial charge is 0.239 e. The fourth-order valence-electron chi connectivity index (χ4n) is 5.62. The van der Waals surface area contributed by atoms with Crippen LogP contribution in [0.15, 0.2) is 36.7 Å². The lowest BCUT2D eigenvalue weighted by Crippen LogP contribution is -2.51. The molecule has 2 saturated heterocycles. The second-order valence-electron chi connectivity index (χ2n) is 11.0. The fourth-order valence-corrected chi connectivity index (χ4v) is 5.62. The summed E-state index contributed by atoms with van der Waals surface area (Å²) in [4.78, 5) is 53.8. The second kappa shape index (κ2) is 11.2. The Bertz CT molecular complexity index is 1660. The van der Waals surface area contributed by atoms with Gasteiger partial charge in [0.1, 0.15) is 0 Å². The number of nitrogens with zero attached hydrogens (tertiary/aromatic N) is 6. The molecule has 13 heteroatoms. The van der Waals surface area contributed by atoms with Crippen LogP contribution in [-0.4, -0.2) is 91.5 Å². The van der Waals surface area contributed by atoms with Crippen LogP contribution < -0.4 is 16.0 Å². The predicted molar refractivity (Wildman–Crippen MR) is 158 cm³/mol. The van der Waals surface area contributed by atoms with Crippen molar-refractivity contribution in [1.82, 2.24) is 39.8 Å². The maximum atomic E-state index is 13.1. The minimum Gasteiger partial charge on any atom is -0.359 e. The van der Waals surface area contributed by atoms with Crippen molar-refractivity contribution in [3.05, 3.63) is 47.9 Å². The molecule has 4 N–H and O–H groups in total. The van der Waals surface area contributed by atoms with Gasteiger partial charge >= 0.3 is 0 Å². The quantitative estimate of drug-likeness (QED) is 0.263. The molecule has 42 heavy (non-hydrogen) atoms. The first-order valence-electron chi connectivity index (χ1n) is 14.0. The number of fused-ring (bicyclic) bond motifs is 1. The topological polar surface area (TPSA) is 153 Å². The van der Waals surface area contributed by atoms with Gasteiger partial charge in [-0.2, -0.15) is 5.10 Å². The number of aromatic nitrogens is 5. The van der Waals surface area contributed by atoms with Crippen molar-refractivity contribution in [2.24, 2.45) is 13.0 Å². The standard InChI is InChI=1S/C29H34N10O3/c1-17-12-32-29(34-23-11-18(2)37(3)36-23)35-26(17)21-13-31-27-20(21)5-4-6-22(27)33-25(41)15-38-9-7-19(14-38)28(42)39-10-8-30-24(40)16-39/h4-6,11-13,19,31H,7-10,14-16H2,1-3H3,(H,30,40)(H,33,41)(H,32,34,35,36). The van der Waals surface area contributed by atoms with Gasteiger partial charge in [-0.05, 0) is 38.4 Å². The van der Waals surface area contributed by atoms with Crippen LogP contribution >= 0.6 is 0 Å². The van der Waals surface area contributed by atoms with Crippen molar-refractivity contribution in [2.75, 3.05) is 49.9 Å². The van der Waals surface area contributed by atoms with E-state index >= 15 is 0 Å². The Hall–Kier alpha value is -4.78. The van der Waals surface area contributed by atoms with Crippen LogP contribution in [0.5, 0.6) is 0 Å². The third-order valence-corrected chi connectivity index (χ3v) is 7.91. The van der Waals surface area contributed by atoms with E-state index in [0.717, 1.165) is 33.4 Å². The van der Waals surface area contributed by atoms with Crippen molar-refractivity contribution >= 4 is 46.1 Å². The van der Waals surface area contributed by atoms with Crippen molar-refractivity contribution < 1.29 is 14.4 Å². The molecule has 2 aliphatic rings. The summed E-state index contributed by atoms with van der Waals surface area (Å²) in [5.41, 5.74) is 5.07. The molecule has 2 aliphatic heterocycles. The van der Waals surface area contributed by atoms with Crippen LogP contribution in [0.3, 0.4) is 0 Å². The minimum atomic E-state index is -0.199. The first-order valence-corrected chi connectivity index (χ1v) is 14.0. The summed E-state index contributed by atoms with van der Waals surface area (Å²) < 4.78 is 1.78. The molecule has 3 amide bonds. The number of rotatable bonds is 7. The highest BCUT2D eigenvalue weighted by molar-refractivity contribution is 6.06. The first kappa shape index (κ1) is 27.4. The van der Waals surface area contributed by atoms with Crippen molar-refractivity contribution in [3.63, 3.8) is 0 Å². The van der Waals surface area contributed by atoms with Crippen LogP contribution in [0, 0.1) is 19.8 Å². The third kappa shape index (κ3) is 5.55. The van der Waals surface area contributed by atoms with Crippen molar-refractivity contribution in [3.8, 4) is 11.3 Å². The van der Waals surface area contributed by atoms with Crippen LogP contribution in [0.4, 0.5) is 17.5 Å². The van der Waals surface area contributed by atoms with Crippen LogP contribution in [-0.2, 0) is 21.4 Å². The lowest BCUT2D eigenvalue weighted by atomic mass is 10.1. The summed E-state index contributed by atoms with van der Waals surface area (Å²) in [6.07, 6.45) is 4.34. The molecule has 5 heterocycles. The molecule has 1 atom stereocenters. The number of benzene rings is 1. The van der Waals surface area contributed by atoms with Gasteiger partial charge in [0.2, 0.25) is 23.7 Å². The van der Waals surface area contributed by atoms with Gasteiger partial charge in [-0.3, -0.25) is 24.0 Å². The second-order valence-corrected chi connectivity index (χ2v) is 11.0. The van der Waals surface area contributed by atoms with E-state index < -0.39 is 0 Å². The summed E-state index contributed by atoms with van der Waals surface area (Å²) in [5.74, 6) is 0.622. The van der Waals surface area contributed by atoms with Gasteiger partial charge < -0.3 is 25.8 Å². The zero-order valence-electron chi connectivity index (χ0n) is 23.9. The summed E-state index contributed by atoms with van der Waals surface area (Å²) in [5, 5.41) is 14.3. The minimum absolute atomic E-state index is 0.00930. The number of aromatic amines is 1. The number of para-hydroxylation sites is 1. The molecule has 2 fully saturated rings. The number of hydrogen-bond acceptors (Lipinski definition) is 8. The number of amides is 3. The fraction of sp³-hybridized carbons (Fsp3) is 0.379. The molecule has 1 aromatic carbocycles. The molecular formula is C29H34N10O3. The van der Waals surface area contributed by atoms with E-state index in [4.69, 9.17) is 4.98 Å². The van der Waals surface area contributed by atoms with Gasteiger partial charge in [0.15, 0.2) is 5.82 Å². The van der Waals surface area contributed by atoms with Crippen molar-refractivity contribution in [1.29, 1.82) is 0 Å². The number of likely N-dealkylation sites (tertiary alicyclic amines) is 1. The highest BCUT2D eigenvalue weighted by atomic mass is 16.2. The highest BCUT2D eigenvalue weighted by Crippen LogP contribution is 2.33. The number of carbonyl (C=O) groups is 3. The molecule has 0 aliphatic carbocycles. The van der Waals surface area contributed by atoms with Gasteiger partial charge in [-0.15, -0.1) is 0 Å². The summed E-state index contributed by atoms with van der Waals surface area (Å²) in [7, 11) is 1.88. The number of hydrogen-bond donors (Lipinski definition) is 4. The highest BCUT2D eigenvalue weighted by Gasteiger charge is 2.33. The number of carbonyl (C=O) groups excluding carboxylic acids is 3. The molecule has 6 rings (SSSR count). The molecule has 0 saturated carbocycles. The van der Waals surface area contributed by atoms with E-state index in [1.165, 1.54) is 0 Å². The Labute approximate surface area is 242 Å². The van der Waals surface area contributed by atoms with Gasteiger partial charge in [0.05, 0.1) is 35.9 Å². The van der Waals surface area contributed by atoms with Crippen LogP contribution in [0.25, 0.3) is 22.2 Å². The lowest BCUT2D eigenvalue weighted by molar-refractivity contribution is -0.141. The zero-order chi connectivity index (χ0) is 29.4. The van der Waals surface area contributed by atoms with E-state index in [-0.39, 0.29) is 36.7 Å². The maximum Gasteiger partial charge on any atom is 0.239 e. The van der Waals surface area contributed by atoms with Crippen molar-refractivity contribution in [2.45, 2.75) is 20.3 Å². The first-order chi connectivity index (χ1) is 20.2. The molecule has 218 valence electrons. The summed E-state index contributed by atoms with van der Waals surface area (Å²) in [6.45, 7) is 6.39. The average molecular weight is 571 g/mol. The van der Waals surface area contributed by atoms with E-state index in [0.29, 0.717) is 50.1 Å². The molecular weight excluding hydrogens is 536 g/mol. The number of anilines is 3. The Morgan fingerprint density at radius 3 is 2.83 bits per heavy atom. The molecule has 0 bridgehead atoms. The lowest BCUT2D eigenvalue weighted by Gasteiger charge is -2.29. The molecule has 3 aromatic heterocycles. The maximum absolute atomic E-state index is 13.1. The molecule has 13 nitrogen and oxygen atoms in total. The molecule has 0 radical (unpaired) electrons. The summed E-state index contributed by atoms with van der Waals surface area (Å²) >= 11 is 0. The van der Waals surface area contributed by atoms with E-state index in [1.807, 2.05) is 56.3 Å². The largest absolute Gasteiger partial charge is 0.359 e. The Morgan fingerprint density at radius 1 is 1.19 bits per heavy atom. The van der Waals surface area contributed by atoms with Gasteiger partial charge in [0.25, 0.3) is 0 Å². The Kier molecular flexibility index (Phi) is 7.33. The molecule has 1 unspecified atom stereocenters. The van der Waals surface area contributed by atoms with Crippen LogP contribution in [0.2, 0.25) is 0 Å². The molecule has 4 aromatic rings. The normalized spacial score (nSPS) is 17.5. The van der Waals surface area contributed by atoms with Gasteiger partial charge in [0, 0.05) is 61.8 Å². The Morgan fingerprint density at radius 2 is 2.05 bits per heavy atom. The zero-order valence-corrected chi connectivity index (χ0v) is 23.9.